The molecule has 1 rings (SSSR count). The van der Waals surface area contributed by atoms with E-state index in [2.05, 4.69) is 16.0 Å². The first kappa shape index (κ1) is 36.4. The molecule has 1 fully saturated rings. The van der Waals surface area contributed by atoms with E-state index in [0.29, 0.717) is 37.7 Å². The van der Waals surface area contributed by atoms with E-state index in [-0.39, 0.29) is 56.8 Å². The maximum absolute atomic E-state index is 11.9. The van der Waals surface area contributed by atoms with Crippen molar-refractivity contribution in [2.75, 3.05) is 64.1 Å². The van der Waals surface area contributed by atoms with Crippen molar-refractivity contribution >= 4 is 33.4 Å². The number of rotatable bonds is 22. The Balaban J connectivity index is 1.91. The molecular weight excluding hydrogens is 542 g/mol. The predicted molar refractivity (Wildman–Crippen MR) is 159 cm³/mol. The number of aliphatic hydroxyl groups excluding tert-OH is 3. The number of aliphatic hydroxyl groups is 3. The summed E-state index contributed by atoms with van der Waals surface area (Å²) in [5.74, 6) is 1.69. The van der Waals surface area contributed by atoms with Gasteiger partial charge in [-0.1, -0.05) is 67.5 Å². The van der Waals surface area contributed by atoms with E-state index in [9.17, 15) is 24.9 Å². The summed E-state index contributed by atoms with van der Waals surface area (Å²) in [5.41, 5.74) is 0. The summed E-state index contributed by atoms with van der Waals surface area (Å²) >= 11 is 0. The molecule has 0 radical (unpaired) electrons. The van der Waals surface area contributed by atoms with Crippen molar-refractivity contribution < 1.29 is 34.4 Å². The SMILES string of the molecule is CC(C)C(=O)NCCSSCCC(=O)NCC(O)COCCOCC(O)CNCC(O)C1CCCCCCC1. The molecule has 0 aromatic heterocycles. The molecule has 1 aliphatic rings. The molecule has 3 unspecified atom stereocenters. The highest BCUT2D eigenvalue weighted by atomic mass is 33.1. The fraction of sp³-hybridized carbons (Fsp3) is 0.926. The summed E-state index contributed by atoms with van der Waals surface area (Å²) in [7, 11) is 3.20. The summed E-state index contributed by atoms with van der Waals surface area (Å²) in [6.45, 7) is 6.10. The van der Waals surface area contributed by atoms with Crippen LogP contribution in [0.3, 0.4) is 0 Å². The second kappa shape index (κ2) is 24.0. The van der Waals surface area contributed by atoms with Crippen LogP contribution in [-0.4, -0.2) is 110 Å². The van der Waals surface area contributed by atoms with Gasteiger partial charge in [0.05, 0.1) is 44.7 Å². The highest BCUT2D eigenvalue weighted by Gasteiger charge is 2.20. The minimum absolute atomic E-state index is 0.0148. The molecule has 39 heavy (non-hydrogen) atoms. The first-order valence-corrected chi connectivity index (χ1v) is 17.0. The summed E-state index contributed by atoms with van der Waals surface area (Å²) in [5, 5.41) is 39.2. The van der Waals surface area contributed by atoms with E-state index < -0.39 is 12.2 Å². The number of nitrogens with one attached hydrogen (secondary N) is 3. The van der Waals surface area contributed by atoms with Gasteiger partial charge in [-0.2, -0.15) is 0 Å². The summed E-state index contributed by atoms with van der Waals surface area (Å²) in [6.07, 6.45) is 6.87. The van der Waals surface area contributed by atoms with Gasteiger partial charge in [0.2, 0.25) is 11.8 Å². The average molecular weight is 596 g/mol. The van der Waals surface area contributed by atoms with Gasteiger partial charge >= 0.3 is 0 Å². The molecule has 1 saturated carbocycles. The second-order valence-electron chi connectivity index (χ2n) is 10.4. The van der Waals surface area contributed by atoms with E-state index in [1.807, 2.05) is 13.8 Å². The molecule has 10 nitrogen and oxygen atoms in total. The topological polar surface area (TPSA) is 149 Å². The smallest absolute Gasteiger partial charge is 0.222 e. The van der Waals surface area contributed by atoms with Crippen molar-refractivity contribution in [3.8, 4) is 0 Å². The van der Waals surface area contributed by atoms with Gasteiger partial charge in [0.15, 0.2) is 0 Å². The van der Waals surface area contributed by atoms with Gasteiger partial charge in [-0.15, -0.1) is 0 Å². The molecule has 0 saturated heterocycles. The third-order valence-electron chi connectivity index (χ3n) is 6.46. The Kier molecular flexibility index (Phi) is 22.5. The zero-order valence-corrected chi connectivity index (χ0v) is 25.5. The fourth-order valence-corrected chi connectivity index (χ4v) is 6.00. The molecule has 12 heteroatoms. The van der Waals surface area contributed by atoms with Crippen molar-refractivity contribution in [1.29, 1.82) is 0 Å². The summed E-state index contributed by atoms with van der Waals surface area (Å²) in [4.78, 5) is 23.3. The molecule has 3 atom stereocenters. The number of hydrogen-bond donors (Lipinski definition) is 6. The van der Waals surface area contributed by atoms with E-state index in [4.69, 9.17) is 9.47 Å². The Morgan fingerprint density at radius 1 is 0.821 bits per heavy atom. The van der Waals surface area contributed by atoms with Gasteiger partial charge < -0.3 is 40.7 Å². The molecule has 6 N–H and O–H groups in total. The van der Waals surface area contributed by atoms with E-state index >= 15 is 0 Å². The van der Waals surface area contributed by atoms with Crippen LogP contribution in [0, 0.1) is 11.8 Å². The van der Waals surface area contributed by atoms with Crippen molar-refractivity contribution in [1.82, 2.24) is 16.0 Å². The van der Waals surface area contributed by atoms with Crippen LogP contribution >= 0.6 is 21.6 Å². The fourth-order valence-electron chi connectivity index (χ4n) is 4.10. The van der Waals surface area contributed by atoms with Crippen LogP contribution in [-0.2, 0) is 19.1 Å². The minimum Gasteiger partial charge on any atom is -0.392 e. The van der Waals surface area contributed by atoms with Crippen molar-refractivity contribution in [3.05, 3.63) is 0 Å². The van der Waals surface area contributed by atoms with Crippen LogP contribution in [0.1, 0.15) is 65.2 Å². The Morgan fingerprint density at radius 3 is 2.05 bits per heavy atom. The molecule has 0 heterocycles. The van der Waals surface area contributed by atoms with E-state index in [1.54, 1.807) is 21.6 Å². The standard InChI is InChI=1S/C27H53N3O7S2/c1-21(2)27(35)29-11-15-39-38-14-10-26(34)30-17-24(32)20-37-13-12-36-19-23(31)16-28-18-25(33)22-8-6-4-3-5-7-9-22/h21-25,28,31-33H,3-20H2,1-2H3,(H,29,35)(H,30,34). The third kappa shape index (κ3) is 20.9. The van der Waals surface area contributed by atoms with Gasteiger partial charge in [0.1, 0.15) is 0 Å². The zero-order chi connectivity index (χ0) is 28.7. The summed E-state index contributed by atoms with van der Waals surface area (Å²) in [6, 6.07) is 0. The monoisotopic (exact) mass is 595 g/mol. The molecule has 1 aliphatic carbocycles. The minimum atomic E-state index is -0.806. The molecule has 0 bridgehead atoms. The lowest BCUT2D eigenvalue weighted by molar-refractivity contribution is -0.124. The van der Waals surface area contributed by atoms with Crippen LogP contribution in [0.4, 0.5) is 0 Å². The van der Waals surface area contributed by atoms with Crippen molar-refractivity contribution in [2.24, 2.45) is 11.8 Å². The number of ether oxygens (including phenoxy) is 2. The highest BCUT2D eigenvalue weighted by Crippen LogP contribution is 2.24. The number of hydrogen-bond acceptors (Lipinski definition) is 10. The van der Waals surface area contributed by atoms with Crippen molar-refractivity contribution in [3.63, 3.8) is 0 Å². The lowest BCUT2D eigenvalue weighted by atomic mass is 9.87. The van der Waals surface area contributed by atoms with Gasteiger partial charge in [-0.05, 0) is 18.8 Å². The maximum Gasteiger partial charge on any atom is 0.222 e. The third-order valence-corrected chi connectivity index (χ3v) is 8.87. The molecular formula is C27H53N3O7S2. The zero-order valence-electron chi connectivity index (χ0n) is 23.9. The van der Waals surface area contributed by atoms with Gasteiger partial charge in [0, 0.05) is 50.0 Å². The highest BCUT2D eigenvalue weighted by molar-refractivity contribution is 8.76. The molecule has 230 valence electrons. The van der Waals surface area contributed by atoms with Gasteiger partial charge in [-0.3, -0.25) is 9.59 Å². The maximum atomic E-state index is 11.9. The van der Waals surface area contributed by atoms with Crippen LogP contribution in [0.25, 0.3) is 0 Å². The number of carbonyl (C=O) groups excluding carboxylic acids is 2. The van der Waals surface area contributed by atoms with Gasteiger partial charge in [0.25, 0.3) is 0 Å². The first-order valence-electron chi connectivity index (χ1n) is 14.5. The Morgan fingerprint density at radius 2 is 1.41 bits per heavy atom. The first-order chi connectivity index (χ1) is 18.8. The lowest BCUT2D eigenvalue weighted by Gasteiger charge is -2.25. The average Bonchev–Trinajstić information content (AvgIpc) is 2.88. The summed E-state index contributed by atoms with van der Waals surface area (Å²) < 4.78 is 10.8. The molecule has 0 spiro atoms. The quantitative estimate of drug-likeness (QED) is 0.0807. The van der Waals surface area contributed by atoms with Gasteiger partial charge in [-0.25, -0.2) is 0 Å². The van der Waals surface area contributed by atoms with Crippen LogP contribution < -0.4 is 16.0 Å². The Hall–Kier alpha value is -0.600. The lowest BCUT2D eigenvalue weighted by Crippen LogP contribution is -2.38. The van der Waals surface area contributed by atoms with Crippen LogP contribution in [0.5, 0.6) is 0 Å². The number of amides is 2. The molecule has 0 aliphatic heterocycles. The number of carbonyl (C=O) groups is 2. The normalized spacial score (nSPS) is 17.3. The Bertz CT molecular complexity index is 626. The van der Waals surface area contributed by atoms with Crippen molar-refractivity contribution in [2.45, 2.75) is 83.5 Å². The molecule has 2 amide bonds. The van der Waals surface area contributed by atoms with E-state index in [1.165, 1.54) is 32.1 Å². The van der Waals surface area contributed by atoms with E-state index in [0.717, 1.165) is 18.6 Å². The molecule has 0 aromatic rings. The second-order valence-corrected chi connectivity index (χ2v) is 13.1. The molecule has 0 aromatic carbocycles. The Labute approximate surface area is 242 Å². The predicted octanol–water partition coefficient (Wildman–Crippen LogP) is 1.71. The largest absolute Gasteiger partial charge is 0.392 e. The van der Waals surface area contributed by atoms with Crippen LogP contribution in [0.2, 0.25) is 0 Å². The van der Waals surface area contributed by atoms with Crippen LogP contribution in [0.15, 0.2) is 0 Å².